The maximum absolute atomic E-state index is 12.9. The van der Waals surface area contributed by atoms with Crippen molar-refractivity contribution >= 4 is 15.8 Å². The van der Waals surface area contributed by atoms with Crippen molar-refractivity contribution in [1.82, 2.24) is 4.98 Å². The Labute approximate surface area is 167 Å². The Balaban J connectivity index is 1.93. The topological polar surface area (TPSA) is 101 Å². The number of nitriles is 1. The molecule has 0 aliphatic rings. The molecule has 0 atom stereocenters. The largest absolute Gasteiger partial charge is 0.493 e. The van der Waals surface area contributed by atoms with Gasteiger partial charge in [-0.1, -0.05) is 12.1 Å². The number of rotatable bonds is 6. The molecule has 0 radical (unpaired) electrons. The fraction of sp³-hybridized carbons (Fsp3) is 0.100. The molecule has 9 heteroatoms. The summed E-state index contributed by atoms with van der Waals surface area (Å²) in [6.45, 7) is 1.82. The lowest BCUT2D eigenvalue weighted by atomic mass is 10.2. The Hall–Kier alpha value is -3.64. The van der Waals surface area contributed by atoms with Crippen LogP contribution in [0.25, 0.3) is 0 Å². The third-order valence-electron chi connectivity index (χ3n) is 3.96. The number of ether oxygens (including phenoxy) is 2. The maximum Gasteiger partial charge on any atom is 0.263 e. The van der Waals surface area contributed by atoms with Gasteiger partial charge in [-0.3, -0.25) is 4.72 Å². The van der Waals surface area contributed by atoms with Crippen molar-refractivity contribution in [2.45, 2.75) is 11.8 Å². The number of methoxy groups -OCH3 is 1. The lowest BCUT2D eigenvalue weighted by Crippen LogP contribution is -2.14. The first-order chi connectivity index (χ1) is 13.8. The highest BCUT2D eigenvalue weighted by molar-refractivity contribution is 7.92. The number of hydrogen-bond donors (Lipinski definition) is 1. The number of nitrogens with zero attached hydrogens (tertiary/aromatic N) is 2. The highest BCUT2D eigenvalue weighted by Gasteiger charge is 2.19. The molecule has 7 nitrogen and oxygen atoms in total. The van der Waals surface area contributed by atoms with E-state index in [1.54, 1.807) is 12.1 Å². The number of aryl methyl sites for hydroxylation is 1. The summed E-state index contributed by atoms with van der Waals surface area (Å²) in [7, 11) is -2.54. The van der Waals surface area contributed by atoms with Crippen molar-refractivity contribution in [1.29, 1.82) is 5.26 Å². The van der Waals surface area contributed by atoms with Crippen LogP contribution in [-0.4, -0.2) is 20.5 Å². The Bertz CT molecular complexity index is 1190. The molecule has 2 aromatic carbocycles. The van der Waals surface area contributed by atoms with E-state index >= 15 is 0 Å². The smallest absolute Gasteiger partial charge is 0.263 e. The zero-order valence-corrected chi connectivity index (χ0v) is 16.3. The summed E-state index contributed by atoms with van der Waals surface area (Å²) < 4.78 is 51.4. The molecule has 1 aromatic heterocycles. The van der Waals surface area contributed by atoms with E-state index < -0.39 is 15.8 Å². The van der Waals surface area contributed by atoms with Crippen molar-refractivity contribution in [2.75, 3.05) is 11.8 Å². The predicted octanol–water partition coefficient (Wildman–Crippen LogP) is 4.00. The normalized spacial score (nSPS) is 10.8. The molecule has 0 fully saturated rings. The first-order valence-corrected chi connectivity index (χ1v) is 9.82. The Kier molecular flexibility index (Phi) is 5.66. The molecule has 3 rings (SSSR count). The molecule has 1 N–H and O–H groups in total. The summed E-state index contributed by atoms with van der Waals surface area (Å²) in [5.41, 5.74) is 0.805. The van der Waals surface area contributed by atoms with Crippen LogP contribution in [0.2, 0.25) is 0 Å². The van der Waals surface area contributed by atoms with Gasteiger partial charge in [-0.25, -0.2) is 17.8 Å². The van der Waals surface area contributed by atoms with Crippen molar-refractivity contribution in [2.24, 2.45) is 0 Å². The second-order valence-corrected chi connectivity index (χ2v) is 7.63. The number of sulfonamides is 1. The van der Waals surface area contributed by atoms with Gasteiger partial charge in [0.15, 0.2) is 11.5 Å². The maximum atomic E-state index is 12.9. The van der Waals surface area contributed by atoms with Gasteiger partial charge in [-0.2, -0.15) is 5.26 Å². The lowest BCUT2D eigenvalue weighted by Gasteiger charge is -2.14. The molecule has 0 bridgehead atoms. The van der Waals surface area contributed by atoms with Crippen LogP contribution in [0.3, 0.4) is 0 Å². The standard InChI is InChI=1S/C20H16FN3O4S/c1-13-4-3-5-18(27-2)20(13)28-17-8-7-16(10-14(17)11-22)29(25,26)24-19-9-6-15(21)12-23-19/h3-10,12H,1-2H3,(H,23,24). The van der Waals surface area contributed by atoms with Crippen LogP contribution in [0.4, 0.5) is 10.2 Å². The van der Waals surface area contributed by atoms with Crippen LogP contribution < -0.4 is 14.2 Å². The average molecular weight is 413 g/mol. The zero-order valence-electron chi connectivity index (χ0n) is 15.5. The van der Waals surface area contributed by atoms with E-state index in [1.165, 1.54) is 31.4 Å². The minimum absolute atomic E-state index is 0.0187. The second-order valence-electron chi connectivity index (χ2n) is 5.95. The predicted molar refractivity (Wildman–Crippen MR) is 104 cm³/mol. The fourth-order valence-electron chi connectivity index (χ4n) is 2.51. The summed E-state index contributed by atoms with van der Waals surface area (Å²) in [6.07, 6.45) is 0.894. The van der Waals surface area contributed by atoms with E-state index in [4.69, 9.17) is 9.47 Å². The summed E-state index contributed by atoms with van der Waals surface area (Å²) >= 11 is 0. The van der Waals surface area contributed by atoms with E-state index in [9.17, 15) is 18.1 Å². The molecule has 0 spiro atoms. The summed E-state index contributed by atoms with van der Waals surface area (Å²) in [5, 5.41) is 9.47. The Morgan fingerprint density at radius 2 is 1.93 bits per heavy atom. The van der Waals surface area contributed by atoms with Crippen molar-refractivity contribution < 1.29 is 22.3 Å². The molecule has 0 unspecified atom stereocenters. The third kappa shape index (κ3) is 4.44. The van der Waals surface area contributed by atoms with E-state index in [0.717, 1.165) is 17.8 Å². The quantitative estimate of drug-likeness (QED) is 0.655. The summed E-state index contributed by atoms with van der Waals surface area (Å²) in [6, 6.07) is 13.4. The molecular formula is C20H16FN3O4S. The molecule has 148 valence electrons. The molecule has 3 aromatic rings. The van der Waals surface area contributed by atoms with Gasteiger partial charge in [0.05, 0.1) is 23.8 Å². The van der Waals surface area contributed by atoms with Crippen LogP contribution in [-0.2, 0) is 10.0 Å². The summed E-state index contributed by atoms with van der Waals surface area (Å²) in [5.74, 6) is 0.451. The Morgan fingerprint density at radius 3 is 2.59 bits per heavy atom. The van der Waals surface area contributed by atoms with E-state index in [-0.39, 0.29) is 22.0 Å². The van der Waals surface area contributed by atoms with Gasteiger partial charge in [0.2, 0.25) is 0 Å². The molecule has 0 aliphatic carbocycles. The van der Waals surface area contributed by atoms with E-state index in [0.29, 0.717) is 11.5 Å². The molecule has 29 heavy (non-hydrogen) atoms. The second kappa shape index (κ2) is 8.16. The number of pyridine rings is 1. The van der Waals surface area contributed by atoms with Gasteiger partial charge in [0.1, 0.15) is 23.5 Å². The van der Waals surface area contributed by atoms with Crippen LogP contribution in [0.1, 0.15) is 11.1 Å². The fourth-order valence-corrected chi connectivity index (χ4v) is 3.55. The molecule has 0 amide bonds. The van der Waals surface area contributed by atoms with Crippen LogP contribution in [0.15, 0.2) is 59.6 Å². The SMILES string of the molecule is COc1cccc(C)c1Oc1ccc(S(=O)(=O)Nc2ccc(F)cn2)cc1C#N. The number of nitrogens with one attached hydrogen (secondary N) is 1. The molecule has 0 saturated heterocycles. The van der Waals surface area contributed by atoms with Crippen LogP contribution in [0.5, 0.6) is 17.2 Å². The monoisotopic (exact) mass is 413 g/mol. The third-order valence-corrected chi connectivity index (χ3v) is 5.31. The van der Waals surface area contributed by atoms with E-state index in [1.807, 2.05) is 19.1 Å². The zero-order chi connectivity index (χ0) is 21.0. The van der Waals surface area contributed by atoms with Crippen molar-refractivity contribution in [3.05, 3.63) is 71.7 Å². The van der Waals surface area contributed by atoms with Gasteiger partial charge >= 0.3 is 0 Å². The molecule has 0 saturated carbocycles. The number of anilines is 1. The van der Waals surface area contributed by atoms with Crippen LogP contribution >= 0.6 is 0 Å². The van der Waals surface area contributed by atoms with Crippen molar-refractivity contribution in [3.8, 4) is 23.3 Å². The van der Waals surface area contributed by atoms with Gasteiger partial charge in [0.25, 0.3) is 10.0 Å². The number of halogens is 1. The van der Waals surface area contributed by atoms with Gasteiger partial charge in [-0.05, 0) is 48.9 Å². The highest BCUT2D eigenvalue weighted by Crippen LogP contribution is 2.36. The molecule has 0 aliphatic heterocycles. The van der Waals surface area contributed by atoms with E-state index in [2.05, 4.69) is 9.71 Å². The first kappa shape index (κ1) is 20.1. The number of benzene rings is 2. The molecule has 1 heterocycles. The number of hydrogen-bond acceptors (Lipinski definition) is 6. The number of para-hydroxylation sites is 1. The lowest BCUT2D eigenvalue weighted by molar-refractivity contribution is 0.377. The van der Waals surface area contributed by atoms with Gasteiger partial charge in [0, 0.05) is 0 Å². The van der Waals surface area contributed by atoms with Crippen LogP contribution in [0, 0.1) is 24.1 Å². The minimum atomic E-state index is -4.04. The van der Waals surface area contributed by atoms with Gasteiger partial charge in [-0.15, -0.1) is 0 Å². The first-order valence-electron chi connectivity index (χ1n) is 8.34. The highest BCUT2D eigenvalue weighted by atomic mass is 32.2. The van der Waals surface area contributed by atoms with Gasteiger partial charge < -0.3 is 9.47 Å². The van der Waals surface area contributed by atoms with Crippen molar-refractivity contribution in [3.63, 3.8) is 0 Å². The molecular weight excluding hydrogens is 397 g/mol. The number of aromatic nitrogens is 1. The average Bonchev–Trinajstić information content (AvgIpc) is 2.71. The summed E-state index contributed by atoms with van der Waals surface area (Å²) in [4.78, 5) is 3.50. The minimum Gasteiger partial charge on any atom is -0.493 e. The Morgan fingerprint density at radius 1 is 1.14 bits per heavy atom.